The maximum Gasteiger partial charge on any atom is 0.305 e. The van der Waals surface area contributed by atoms with Crippen LogP contribution in [0, 0.1) is 5.92 Å². The summed E-state index contributed by atoms with van der Waals surface area (Å²) in [7, 11) is -2.38. The molecular formula is C36H51N5O3Si. The van der Waals surface area contributed by atoms with E-state index in [1.165, 1.54) is 47.0 Å². The van der Waals surface area contributed by atoms with Gasteiger partial charge in [0.1, 0.15) is 8.07 Å². The van der Waals surface area contributed by atoms with Gasteiger partial charge in [-0.15, -0.1) is 0 Å². The number of unbranched alkanes of at least 4 members (excludes halogenated alkanes) is 6. The first kappa shape index (κ1) is 34.2. The van der Waals surface area contributed by atoms with Crippen LogP contribution in [0.2, 0.25) is 11.1 Å². The minimum atomic E-state index is -2.38. The average molecular weight is 630 g/mol. The van der Waals surface area contributed by atoms with Crippen molar-refractivity contribution in [1.29, 1.82) is 0 Å². The second kappa shape index (κ2) is 16.0. The summed E-state index contributed by atoms with van der Waals surface area (Å²) in [5.74, 6) is -0.197. The molecule has 0 spiro atoms. The number of nitrogen functional groups attached to an aromatic ring is 1. The number of nitrogens with zero attached hydrogens (tertiary/aromatic N) is 3. The fraction of sp³-hybridized carbons (Fsp3) is 0.500. The van der Waals surface area contributed by atoms with Crippen molar-refractivity contribution in [3.05, 3.63) is 77.3 Å². The van der Waals surface area contributed by atoms with Crippen LogP contribution in [0.15, 0.2) is 71.8 Å². The van der Waals surface area contributed by atoms with Crippen LogP contribution in [0.1, 0.15) is 85.5 Å². The number of carbonyl (C=O) groups excluding carboxylic acids is 1. The highest BCUT2D eigenvalue weighted by molar-refractivity contribution is 7.04. The highest BCUT2D eigenvalue weighted by Gasteiger charge is 2.47. The predicted octanol–water partition coefficient (Wildman–Crippen LogP) is 6.46. The van der Waals surface area contributed by atoms with Gasteiger partial charge in [0, 0.05) is 18.9 Å². The van der Waals surface area contributed by atoms with Gasteiger partial charge in [0.2, 0.25) is 5.95 Å². The van der Waals surface area contributed by atoms with Crippen LogP contribution in [0.25, 0.3) is 11.2 Å². The van der Waals surface area contributed by atoms with E-state index in [-0.39, 0.29) is 35.0 Å². The lowest BCUT2D eigenvalue weighted by molar-refractivity contribution is -0.145. The maximum absolute atomic E-state index is 13.4. The van der Waals surface area contributed by atoms with Crippen molar-refractivity contribution >= 4 is 41.5 Å². The molecule has 0 aliphatic rings. The molecule has 0 radical (unpaired) electrons. The highest BCUT2D eigenvalue weighted by Crippen LogP contribution is 2.40. The van der Waals surface area contributed by atoms with Gasteiger partial charge in [-0.1, -0.05) is 137 Å². The van der Waals surface area contributed by atoms with Crippen LogP contribution < -0.4 is 21.7 Å². The zero-order valence-electron chi connectivity index (χ0n) is 27.6. The largest absolute Gasteiger partial charge is 0.465 e. The Morgan fingerprint density at radius 1 is 0.956 bits per heavy atom. The number of aromatic amines is 1. The van der Waals surface area contributed by atoms with Crippen molar-refractivity contribution in [3.63, 3.8) is 0 Å². The standard InChI is InChI=1S/C36H51N5O3Si/c1-5-6-7-8-9-10-17-22-31(42)44-26-28(25-41-34(43)32-33(39-27-38-32)40-35(41)37)23-24-45(36(2,3)4,29-18-13-11-14-19-29)30-20-15-12-16-21-30/h11-16,18-21,27-28H,5-10,17,22-26H2,1-4H3,(H2,37,40)(H,38,39). The molecule has 0 saturated carbocycles. The number of rotatable bonds is 17. The van der Waals surface area contributed by atoms with Crippen molar-refractivity contribution in [3.8, 4) is 0 Å². The van der Waals surface area contributed by atoms with Crippen LogP contribution >= 0.6 is 0 Å². The molecule has 4 aromatic rings. The Morgan fingerprint density at radius 3 is 2.16 bits per heavy atom. The molecule has 0 bridgehead atoms. The van der Waals surface area contributed by atoms with Crippen molar-refractivity contribution in [2.45, 2.75) is 103 Å². The van der Waals surface area contributed by atoms with E-state index >= 15 is 0 Å². The van der Waals surface area contributed by atoms with Crippen LogP contribution in [0.3, 0.4) is 0 Å². The quantitative estimate of drug-likeness (QED) is 0.0787. The molecule has 0 aliphatic heterocycles. The van der Waals surface area contributed by atoms with Gasteiger partial charge in [0.05, 0.1) is 12.9 Å². The lowest BCUT2D eigenvalue weighted by Crippen LogP contribution is -2.64. The number of fused-ring (bicyclic) bond motifs is 1. The molecule has 4 rings (SSSR count). The Bertz CT molecular complexity index is 1510. The fourth-order valence-corrected chi connectivity index (χ4v) is 12.4. The number of imidazole rings is 1. The molecular weight excluding hydrogens is 579 g/mol. The summed E-state index contributed by atoms with van der Waals surface area (Å²) in [6, 6.07) is 22.6. The first-order valence-electron chi connectivity index (χ1n) is 16.6. The summed E-state index contributed by atoms with van der Waals surface area (Å²) in [5, 5.41) is 2.73. The number of benzene rings is 2. The van der Waals surface area contributed by atoms with E-state index in [4.69, 9.17) is 10.5 Å². The smallest absolute Gasteiger partial charge is 0.305 e. The number of aromatic nitrogens is 4. The first-order valence-corrected chi connectivity index (χ1v) is 18.8. The van der Waals surface area contributed by atoms with E-state index in [1.54, 1.807) is 0 Å². The van der Waals surface area contributed by atoms with E-state index in [0.29, 0.717) is 24.1 Å². The lowest BCUT2D eigenvalue weighted by atomic mass is 10.1. The molecule has 0 amide bonds. The van der Waals surface area contributed by atoms with Gasteiger partial charge in [0.25, 0.3) is 5.56 Å². The zero-order chi connectivity index (χ0) is 32.3. The Labute approximate surface area is 268 Å². The van der Waals surface area contributed by atoms with E-state index in [1.807, 2.05) is 0 Å². The molecule has 0 saturated heterocycles. The van der Waals surface area contributed by atoms with Gasteiger partial charge < -0.3 is 15.5 Å². The molecule has 2 aromatic heterocycles. The maximum atomic E-state index is 13.4. The Balaban J connectivity index is 1.58. The monoisotopic (exact) mass is 629 g/mol. The summed E-state index contributed by atoms with van der Waals surface area (Å²) >= 11 is 0. The van der Waals surface area contributed by atoms with Gasteiger partial charge >= 0.3 is 5.97 Å². The number of ether oxygens (including phenoxy) is 1. The molecule has 1 unspecified atom stereocenters. The number of hydrogen-bond acceptors (Lipinski definition) is 6. The number of anilines is 1. The van der Waals surface area contributed by atoms with Crippen molar-refractivity contribution in [2.24, 2.45) is 5.92 Å². The molecule has 45 heavy (non-hydrogen) atoms. The second-order valence-electron chi connectivity index (χ2n) is 13.3. The minimum Gasteiger partial charge on any atom is -0.465 e. The first-order chi connectivity index (χ1) is 21.7. The van der Waals surface area contributed by atoms with E-state index < -0.39 is 8.07 Å². The predicted molar refractivity (Wildman–Crippen MR) is 187 cm³/mol. The molecule has 3 N–H and O–H groups in total. The molecule has 0 fully saturated rings. The summed E-state index contributed by atoms with van der Waals surface area (Å²) in [4.78, 5) is 37.7. The third-order valence-electron chi connectivity index (χ3n) is 9.22. The Hall–Kier alpha value is -3.72. The number of esters is 1. The van der Waals surface area contributed by atoms with Crippen molar-refractivity contribution < 1.29 is 9.53 Å². The summed E-state index contributed by atoms with van der Waals surface area (Å²) in [6.07, 6.45) is 10.6. The number of hydrogen-bond donors (Lipinski definition) is 2. The van der Waals surface area contributed by atoms with E-state index in [0.717, 1.165) is 31.7 Å². The van der Waals surface area contributed by atoms with Crippen LogP contribution in [0.4, 0.5) is 5.95 Å². The second-order valence-corrected chi connectivity index (χ2v) is 18.3. The van der Waals surface area contributed by atoms with Gasteiger partial charge in [0.15, 0.2) is 11.2 Å². The zero-order valence-corrected chi connectivity index (χ0v) is 28.6. The van der Waals surface area contributed by atoms with Crippen LogP contribution in [0.5, 0.6) is 0 Å². The lowest BCUT2D eigenvalue weighted by Gasteiger charge is -2.45. The third kappa shape index (κ3) is 8.51. The highest BCUT2D eigenvalue weighted by atomic mass is 28.3. The molecule has 242 valence electrons. The molecule has 2 heterocycles. The van der Waals surface area contributed by atoms with E-state index in [2.05, 4.69) is 103 Å². The third-order valence-corrected chi connectivity index (χ3v) is 15.5. The SMILES string of the molecule is CCCCCCCCCC(=O)OCC(CC[Si](c1ccccc1)(c1ccccc1)C(C)(C)C)Cn1c(N)nc2nc[nH]c2c1=O. The van der Waals surface area contributed by atoms with Gasteiger partial charge in [-0.2, -0.15) is 4.98 Å². The number of nitrogens with two attached hydrogens (primary N) is 1. The summed E-state index contributed by atoms with van der Waals surface area (Å²) < 4.78 is 7.42. The molecule has 0 aliphatic carbocycles. The molecule has 2 aromatic carbocycles. The van der Waals surface area contributed by atoms with Crippen LogP contribution in [-0.2, 0) is 16.1 Å². The normalized spacial score (nSPS) is 12.8. The van der Waals surface area contributed by atoms with Gasteiger partial charge in [-0.05, 0) is 23.9 Å². The Morgan fingerprint density at radius 2 is 1.56 bits per heavy atom. The number of nitrogens with one attached hydrogen (secondary N) is 1. The summed E-state index contributed by atoms with van der Waals surface area (Å²) in [5.41, 5.74) is 6.67. The average Bonchev–Trinajstić information content (AvgIpc) is 3.50. The van der Waals surface area contributed by atoms with Crippen LogP contribution in [-0.4, -0.2) is 40.2 Å². The topological polar surface area (TPSA) is 116 Å². The van der Waals surface area contributed by atoms with Crippen molar-refractivity contribution in [2.75, 3.05) is 12.3 Å². The van der Waals surface area contributed by atoms with Gasteiger partial charge in [-0.25, -0.2) is 4.98 Å². The number of H-pyrrole nitrogens is 1. The Kier molecular flexibility index (Phi) is 12.2. The summed E-state index contributed by atoms with van der Waals surface area (Å²) in [6.45, 7) is 9.77. The minimum absolute atomic E-state index is 0.0136. The van der Waals surface area contributed by atoms with E-state index in [9.17, 15) is 9.59 Å². The fourth-order valence-electron chi connectivity index (χ4n) is 6.67. The molecule has 1 atom stereocenters. The molecule has 8 nitrogen and oxygen atoms in total. The van der Waals surface area contributed by atoms with Crippen molar-refractivity contribution in [1.82, 2.24) is 19.5 Å². The number of carbonyl (C=O) groups is 1. The molecule has 9 heteroatoms. The van der Waals surface area contributed by atoms with Gasteiger partial charge in [-0.3, -0.25) is 14.2 Å².